The van der Waals surface area contributed by atoms with Crippen LogP contribution in [-0.2, 0) is 9.59 Å². The number of carbonyl (C=O) groups excluding carboxylic acids is 2. The topological polar surface area (TPSA) is 88.0 Å². The second kappa shape index (κ2) is 8.64. The highest BCUT2D eigenvalue weighted by Gasteiger charge is 2.22. The Bertz CT molecular complexity index is 714. The van der Waals surface area contributed by atoms with Gasteiger partial charge in [0.2, 0.25) is 11.8 Å². The zero-order valence-corrected chi connectivity index (χ0v) is 14.8. The standard InChI is InChI=1S/C17H21N5O2.ClH/c1-12(22-10-4-9-19-22)16(23)20-13-5-2-6-14(11-13)21-17(24)15-7-3-8-18-15;/h2,4-6,9-12,15,18H,3,7-8H2,1H3,(H,20,23)(H,21,24);1H. The van der Waals surface area contributed by atoms with Crippen molar-refractivity contribution in [3.05, 3.63) is 42.7 Å². The molecule has 25 heavy (non-hydrogen) atoms. The predicted octanol–water partition coefficient (Wildman–Crippen LogP) is 2.20. The predicted molar refractivity (Wildman–Crippen MR) is 98.9 cm³/mol. The van der Waals surface area contributed by atoms with Gasteiger partial charge in [0.1, 0.15) is 6.04 Å². The van der Waals surface area contributed by atoms with Crippen LogP contribution >= 0.6 is 12.4 Å². The van der Waals surface area contributed by atoms with E-state index < -0.39 is 6.04 Å². The van der Waals surface area contributed by atoms with Crippen LogP contribution in [0.2, 0.25) is 0 Å². The smallest absolute Gasteiger partial charge is 0.248 e. The fraction of sp³-hybridized carbons (Fsp3) is 0.353. The minimum absolute atomic E-state index is 0. The summed E-state index contributed by atoms with van der Waals surface area (Å²) in [6, 6.07) is 8.36. The van der Waals surface area contributed by atoms with Gasteiger partial charge in [-0.3, -0.25) is 14.3 Å². The van der Waals surface area contributed by atoms with E-state index in [4.69, 9.17) is 0 Å². The molecule has 2 amide bonds. The van der Waals surface area contributed by atoms with E-state index in [0.29, 0.717) is 11.4 Å². The Morgan fingerprint density at radius 2 is 2.04 bits per heavy atom. The zero-order chi connectivity index (χ0) is 16.9. The van der Waals surface area contributed by atoms with Crippen molar-refractivity contribution >= 4 is 35.6 Å². The van der Waals surface area contributed by atoms with Gasteiger partial charge >= 0.3 is 0 Å². The van der Waals surface area contributed by atoms with Gasteiger partial charge in [0.05, 0.1) is 6.04 Å². The SMILES string of the molecule is CC(C(=O)Nc1cccc(NC(=O)C2CCCN2)c1)n1cccn1.Cl. The summed E-state index contributed by atoms with van der Waals surface area (Å²) in [6.45, 7) is 2.65. The Balaban J connectivity index is 0.00000225. The molecular formula is C17H22ClN5O2. The lowest BCUT2D eigenvalue weighted by molar-refractivity contribution is -0.119. The summed E-state index contributed by atoms with van der Waals surface area (Å²) in [4.78, 5) is 24.4. The molecule has 134 valence electrons. The summed E-state index contributed by atoms with van der Waals surface area (Å²) >= 11 is 0. The molecule has 1 fully saturated rings. The Morgan fingerprint density at radius 1 is 1.28 bits per heavy atom. The molecule has 0 bridgehead atoms. The van der Waals surface area contributed by atoms with E-state index in [-0.39, 0.29) is 30.3 Å². The monoisotopic (exact) mass is 363 g/mol. The molecule has 1 aromatic heterocycles. The third-order valence-corrected chi connectivity index (χ3v) is 4.08. The van der Waals surface area contributed by atoms with Crippen LogP contribution in [0.4, 0.5) is 11.4 Å². The summed E-state index contributed by atoms with van der Waals surface area (Å²) in [6.07, 6.45) is 5.25. The number of hydrogen-bond acceptors (Lipinski definition) is 4. The Hall–Kier alpha value is -2.38. The first-order valence-corrected chi connectivity index (χ1v) is 8.08. The molecule has 0 aliphatic carbocycles. The summed E-state index contributed by atoms with van der Waals surface area (Å²) in [5.74, 6) is -0.208. The van der Waals surface area contributed by atoms with E-state index >= 15 is 0 Å². The Kier molecular flexibility index (Phi) is 6.55. The van der Waals surface area contributed by atoms with Crippen molar-refractivity contribution in [3.8, 4) is 0 Å². The fourth-order valence-corrected chi connectivity index (χ4v) is 2.69. The third kappa shape index (κ3) is 4.80. The van der Waals surface area contributed by atoms with Crippen LogP contribution in [-0.4, -0.2) is 34.2 Å². The minimum Gasteiger partial charge on any atom is -0.325 e. The molecular weight excluding hydrogens is 342 g/mol. The summed E-state index contributed by atoms with van der Waals surface area (Å²) < 4.78 is 1.59. The summed E-state index contributed by atoms with van der Waals surface area (Å²) in [7, 11) is 0. The van der Waals surface area contributed by atoms with Crippen molar-refractivity contribution in [1.82, 2.24) is 15.1 Å². The molecule has 0 saturated carbocycles. The number of nitrogens with zero attached hydrogens (tertiary/aromatic N) is 2. The second-order valence-electron chi connectivity index (χ2n) is 5.87. The number of carbonyl (C=O) groups is 2. The lowest BCUT2D eigenvalue weighted by Crippen LogP contribution is -2.35. The molecule has 0 radical (unpaired) electrons. The number of aromatic nitrogens is 2. The lowest BCUT2D eigenvalue weighted by Gasteiger charge is -2.14. The molecule has 2 unspecified atom stereocenters. The van der Waals surface area contributed by atoms with E-state index in [2.05, 4.69) is 21.0 Å². The molecule has 8 heteroatoms. The van der Waals surface area contributed by atoms with Crippen LogP contribution in [0, 0.1) is 0 Å². The van der Waals surface area contributed by atoms with E-state index in [0.717, 1.165) is 19.4 Å². The minimum atomic E-state index is -0.416. The van der Waals surface area contributed by atoms with Gasteiger partial charge in [-0.15, -0.1) is 12.4 Å². The van der Waals surface area contributed by atoms with Crippen LogP contribution < -0.4 is 16.0 Å². The maximum Gasteiger partial charge on any atom is 0.248 e. The molecule has 2 atom stereocenters. The van der Waals surface area contributed by atoms with E-state index in [9.17, 15) is 9.59 Å². The van der Waals surface area contributed by atoms with Gasteiger partial charge < -0.3 is 16.0 Å². The van der Waals surface area contributed by atoms with Crippen LogP contribution in [0.1, 0.15) is 25.8 Å². The van der Waals surface area contributed by atoms with Gasteiger partial charge in [0.25, 0.3) is 0 Å². The highest BCUT2D eigenvalue weighted by Crippen LogP contribution is 2.18. The number of amides is 2. The molecule has 1 aliphatic rings. The summed E-state index contributed by atoms with van der Waals surface area (Å²) in [5.41, 5.74) is 1.30. The van der Waals surface area contributed by atoms with E-state index in [1.54, 1.807) is 54.3 Å². The molecule has 7 nitrogen and oxygen atoms in total. The number of benzene rings is 1. The third-order valence-electron chi connectivity index (χ3n) is 4.08. The van der Waals surface area contributed by atoms with Crippen LogP contribution in [0.15, 0.2) is 42.7 Å². The maximum atomic E-state index is 12.3. The molecule has 2 aromatic rings. The van der Waals surface area contributed by atoms with Gasteiger partial charge in [-0.25, -0.2) is 0 Å². The molecule has 1 aromatic carbocycles. The fourth-order valence-electron chi connectivity index (χ4n) is 2.69. The van der Waals surface area contributed by atoms with Crippen molar-refractivity contribution in [2.45, 2.75) is 31.8 Å². The highest BCUT2D eigenvalue weighted by atomic mass is 35.5. The zero-order valence-electron chi connectivity index (χ0n) is 13.9. The van der Waals surface area contributed by atoms with Crippen LogP contribution in [0.25, 0.3) is 0 Å². The van der Waals surface area contributed by atoms with Crippen molar-refractivity contribution in [3.63, 3.8) is 0 Å². The van der Waals surface area contributed by atoms with Gasteiger partial charge in [-0.2, -0.15) is 5.10 Å². The van der Waals surface area contributed by atoms with Crippen LogP contribution in [0.3, 0.4) is 0 Å². The van der Waals surface area contributed by atoms with Gasteiger partial charge in [-0.1, -0.05) is 6.07 Å². The number of halogens is 1. The highest BCUT2D eigenvalue weighted by molar-refractivity contribution is 5.97. The number of rotatable bonds is 5. The molecule has 2 heterocycles. The number of anilines is 2. The quantitative estimate of drug-likeness (QED) is 0.759. The average Bonchev–Trinajstić information content (AvgIpc) is 3.28. The molecule has 0 spiro atoms. The van der Waals surface area contributed by atoms with Crippen molar-refractivity contribution in [2.24, 2.45) is 0 Å². The van der Waals surface area contributed by atoms with Gasteiger partial charge in [0.15, 0.2) is 0 Å². The normalized spacial score (nSPS) is 17.4. The Labute approximate surface area is 152 Å². The average molecular weight is 364 g/mol. The van der Waals surface area contributed by atoms with Gasteiger partial charge in [-0.05, 0) is 50.6 Å². The first kappa shape index (κ1) is 19.0. The second-order valence-corrected chi connectivity index (χ2v) is 5.87. The van der Waals surface area contributed by atoms with Gasteiger partial charge in [0, 0.05) is 23.8 Å². The number of hydrogen-bond donors (Lipinski definition) is 3. The molecule has 1 aliphatic heterocycles. The van der Waals surface area contributed by atoms with Crippen molar-refractivity contribution in [2.75, 3.05) is 17.2 Å². The number of nitrogens with one attached hydrogen (secondary N) is 3. The van der Waals surface area contributed by atoms with Crippen molar-refractivity contribution in [1.29, 1.82) is 0 Å². The first-order chi connectivity index (χ1) is 11.6. The molecule has 3 N–H and O–H groups in total. The maximum absolute atomic E-state index is 12.3. The van der Waals surface area contributed by atoms with E-state index in [1.807, 2.05) is 0 Å². The van der Waals surface area contributed by atoms with Crippen molar-refractivity contribution < 1.29 is 9.59 Å². The molecule has 3 rings (SSSR count). The first-order valence-electron chi connectivity index (χ1n) is 8.08. The lowest BCUT2D eigenvalue weighted by atomic mass is 10.2. The van der Waals surface area contributed by atoms with Crippen LogP contribution in [0.5, 0.6) is 0 Å². The van der Waals surface area contributed by atoms with E-state index in [1.165, 1.54) is 0 Å². The largest absolute Gasteiger partial charge is 0.325 e. The Morgan fingerprint density at radius 3 is 2.68 bits per heavy atom. The summed E-state index contributed by atoms with van der Waals surface area (Å²) in [5, 5.41) is 13.0. The molecule has 1 saturated heterocycles.